The number of hydrogen-bond donors (Lipinski definition) is 1. The van der Waals surface area contributed by atoms with Gasteiger partial charge in [-0.1, -0.05) is 35.5 Å². The number of hydrogen-bond acceptors (Lipinski definition) is 5. The van der Waals surface area contributed by atoms with Gasteiger partial charge in [-0.15, -0.1) is 0 Å². The molecule has 0 atom stereocenters. The number of amides is 1. The third-order valence-electron chi connectivity index (χ3n) is 3.90. The van der Waals surface area contributed by atoms with Crippen LogP contribution in [0.25, 0.3) is 11.4 Å². The van der Waals surface area contributed by atoms with Crippen LogP contribution in [0.1, 0.15) is 12.8 Å². The van der Waals surface area contributed by atoms with E-state index in [4.69, 9.17) is 9.26 Å². The van der Waals surface area contributed by atoms with Crippen molar-refractivity contribution >= 4 is 6.09 Å². The molecular weight excluding hydrogens is 296 g/mol. The first-order chi connectivity index (χ1) is 11.3. The fraction of sp³-hybridized carbons (Fsp3) is 0.438. The van der Waals surface area contributed by atoms with Gasteiger partial charge in [0, 0.05) is 5.56 Å². The number of aromatic nitrogens is 2. The quantitative estimate of drug-likeness (QED) is 0.894. The van der Waals surface area contributed by atoms with Gasteiger partial charge in [0.2, 0.25) is 5.82 Å². The van der Waals surface area contributed by atoms with Gasteiger partial charge in [-0.05, 0) is 6.92 Å². The Kier molecular flexibility index (Phi) is 4.87. The van der Waals surface area contributed by atoms with E-state index in [0.29, 0.717) is 38.0 Å². The van der Waals surface area contributed by atoms with E-state index in [2.05, 4.69) is 10.1 Å². The SMILES string of the molecule is CCOC(=O)N1CC[NH+](Cc2nc(-c3ccccc3)no2)CC1. The molecule has 7 nitrogen and oxygen atoms in total. The number of rotatable bonds is 4. The summed E-state index contributed by atoms with van der Waals surface area (Å²) in [6, 6.07) is 9.77. The molecule has 1 aliphatic heterocycles. The molecule has 1 amide bonds. The van der Waals surface area contributed by atoms with Crippen LogP contribution in [-0.4, -0.2) is 53.9 Å². The minimum absolute atomic E-state index is 0.226. The standard InChI is InChI=1S/C16H20N4O3/c1-2-22-16(21)20-10-8-19(9-11-20)12-14-17-15(18-23-14)13-6-4-3-5-7-13/h3-7H,2,8-12H2,1H3/p+1. The highest BCUT2D eigenvalue weighted by atomic mass is 16.6. The van der Waals surface area contributed by atoms with Crippen molar-refractivity contribution in [1.29, 1.82) is 0 Å². The topological polar surface area (TPSA) is 72.9 Å². The second kappa shape index (κ2) is 7.23. The van der Waals surface area contributed by atoms with E-state index in [9.17, 15) is 4.79 Å². The molecule has 1 aromatic heterocycles. The molecule has 0 radical (unpaired) electrons. The van der Waals surface area contributed by atoms with Gasteiger partial charge >= 0.3 is 6.09 Å². The van der Waals surface area contributed by atoms with Crippen molar-refractivity contribution in [3.8, 4) is 11.4 Å². The van der Waals surface area contributed by atoms with E-state index in [1.165, 1.54) is 4.90 Å². The third kappa shape index (κ3) is 3.87. The smallest absolute Gasteiger partial charge is 0.410 e. The normalized spacial score (nSPS) is 15.6. The maximum Gasteiger partial charge on any atom is 0.410 e. The summed E-state index contributed by atoms with van der Waals surface area (Å²) >= 11 is 0. The Morgan fingerprint density at radius 2 is 2.04 bits per heavy atom. The summed E-state index contributed by atoms with van der Waals surface area (Å²) in [5.41, 5.74) is 0.949. The number of carbonyl (C=O) groups excluding carboxylic acids is 1. The molecule has 0 aliphatic carbocycles. The van der Waals surface area contributed by atoms with Gasteiger partial charge < -0.3 is 14.2 Å². The number of piperazine rings is 1. The number of quaternary nitrogens is 1. The predicted molar refractivity (Wildman–Crippen MR) is 82.7 cm³/mol. The molecule has 0 bridgehead atoms. The molecule has 1 aromatic carbocycles. The van der Waals surface area contributed by atoms with Crippen LogP contribution in [0.2, 0.25) is 0 Å². The maximum atomic E-state index is 11.7. The summed E-state index contributed by atoms with van der Waals surface area (Å²) in [5.74, 6) is 1.24. The Bertz CT molecular complexity index is 636. The van der Waals surface area contributed by atoms with Gasteiger partial charge in [0.25, 0.3) is 5.89 Å². The molecule has 0 saturated carbocycles. The van der Waals surface area contributed by atoms with Crippen molar-refractivity contribution in [3.05, 3.63) is 36.2 Å². The molecule has 3 rings (SSSR count). The summed E-state index contributed by atoms with van der Waals surface area (Å²) < 4.78 is 10.4. The predicted octanol–water partition coefficient (Wildman–Crippen LogP) is 0.594. The summed E-state index contributed by atoms with van der Waals surface area (Å²) in [4.78, 5) is 19.2. The molecule has 2 aromatic rings. The number of nitrogens with one attached hydrogen (secondary N) is 1. The summed E-state index contributed by atoms with van der Waals surface area (Å²) in [7, 11) is 0. The first kappa shape index (κ1) is 15.5. The molecule has 0 spiro atoms. The minimum Gasteiger partial charge on any atom is -0.450 e. The van der Waals surface area contributed by atoms with Gasteiger partial charge in [0.05, 0.1) is 32.8 Å². The number of nitrogens with zero attached hydrogens (tertiary/aromatic N) is 3. The maximum absolute atomic E-state index is 11.7. The molecular formula is C16H21N4O3+. The average molecular weight is 317 g/mol. The largest absolute Gasteiger partial charge is 0.450 e. The molecule has 2 heterocycles. The van der Waals surface area contributed by atoms with Crippen LogP contribution < -0.4 is 4.90 Å². The van der Waals surface area contributed by atoms with Crippen molar-refractivity contribution in [2.75, 3.05) is 32.8 Å². The summed E-state index contributed by atoms with van der Waals surface area (Å²) in [6.07, 6.45) is -0.226. The highest BCUT2D eigenvalue weighted by Crippen LogP contribution is 2.14. The van der Waals surface area contributed by atoms with Crippen molar-refractivity contribution in [1.82, 2.24) is 15.0 Å². The molecule has 1 aliphatic rings. The second-order valence-electron chi connectivity index (χ2n) is 5.49. The Hall–Kier alpha value is -2.41. The zero-order valence-corrected chi connectivity index (χ0v) is 13.2. The highest BCUT2D eigenvalue weighted by Gasteiger charge is 2.26. The lowest BCUT2D eigenvalue weighted by Gasteiger charge is -2.30. The van der Waals surface area contributed by atoms with E-state index in [1.54, 1.807) is 4.90 Å². The van der Waals surface area contributed by atoms with Crippen LogP contribution in [0.4, 0.5) is 4.79 Å². The van der Waals surface area contributed by atoms with Crippen LogP contribution >= 0.6 is 0 Å². The third-order valence-corrected chi connectivity index (χ3v) is 3.90. The molecule has 1 fully saturated rings. The minimum atomic E-state index is -0.226. The molecule has 122 valence electrons. The van der Waals surface area contributed by atoms with Crippen molar-refractivity contribution in [2.45, 2.75) is 13.5 Å². The van der Waals surface area contributed by atoms with Gasteiger partial charge in [-0.3, -0.25) is 4.90 Å². The van der Waals surface area contributed by atoms with Crippen molar-refractivity contribution in [3.63, 3.8) is 0 Å². The Morgan fingerprint density at radius 1 is 1.30 bits per heavy atom. The van der Waals surface area contributed by atoms with E-state index >= 15 is 0 Å². The summed E-state index contributed by atoms with van der Waals surface area (Å²) in [6.45, 7) is 5.98. The van der Waals surface area contributed by atoms with Crippen molar-refractivity contribution < 1.29 is 19.0 Å². The van der Waals surface area contributed by atoms with Crippen molar-refractivity contribution in [2.24, 2.45) is 0 Å². The van der Waals surface area contributed by atoms with E-state index in [1.807, 2.05) is 37.3 Å². The van der Waals surface area contributed by atoms with E-state index in [0.717, 1.165) is 18.7 Å². The lowest BCUT2D eigenvalue weighted by molar-refractivity contribution is -0.919. The van der Waals surface area contributed by atoms with Crippen LogP contribution in [0, 0.1) is 0 Å². The monoisotopic (exact) mass is 317 g/mol. The Balaban J connectivity index is 1.53. The second-order valence-corrected chi connectivity index (χ2v) is 5.49. The average Bonchev–Trinajstić information content (AvgIpc) is 3.05. The molecule has 0 unspecified atom stereocenters. The van der Waals surface area contributed by atoms with Crippen LogP contribution in [-0.2, 0) is 11.3 Å². The van der Waals surface area contributed by atoms with Crippen LogP contribution in [0.15, 0.2) is 34.9 Å². The highest BCUT2D eigenvalue weighted by molar-refractivity contribution is 5.67. The van der Waals surface area contributed by atoms with Crippen LogP contribution in [0.5, 0.6) is 0 Å². The number of ether oxygens (including phenoxy) is 1. The number of carbonyl (C=O) groups is 1. The van der Waals surface area contributed by atoms with Gasteiger partial charge in [-0.2, -0.15) is 4.98 Å². The molecule has 23 heavy (non-hydrogen) atoms. The molecule has 1 saturated heterocycles. The van der Waals surface area contributed by atoms with Gasteiger partial charge in [0.1, 0.15) is 0 Å². The van der Waals surface area contributed by atoms with Gasteiger partial charge in [-0.25, -0.2) is 4.79 Å². The van der Waals surface area contributed by atoms with E-state index < -0.39 is 0 Å². The number of benzene rings is 1. The van der Waals surface area contributed by atoms with E-state index in [-0.39, 0.29) is 6.09 Å². The van der Waals surface area contributed by atoms with Gasteiger partial charge in [0.15, 0.2) is 6.54 Å². The molecule has 7 heteroatoms. The Morgan fingerprint density at radius 3 is 2.74 bits per heavy atom. The lowest BCUT2D eigenvalue weighted by atomic mass is 10.2. The zero-order valence-electron chi connectivity index (χ0n) is 13.2. The van der Waals surface area contributed by atoms with Crippen LogP contribution in [0.3, 0.4) is 0 Å². The fourth-order valence-corrected chi connectivity index (χ4v) is 2.64. The first-order valence-electron chi connectivity index (χ1n) is 7.89. The Labute approximate surface area is 134 Å². The zero-order chi connectivity index (χ0) is 16.1. The lowest BCUT2D eigenvalue weighted by Crippen LogP contribution is -3.13. The fourth-order valence-electron chi connectivity index (χ4n) is 2.64. The first-order valence-corrected chi connectivity index (χ1v) is 7.89. The molecule has 1 N–H and O–H groups in total. The summed E-state index contributed by atoms with van der Waals surface area (Å²) in [5, 5.41) is 4.04.